The Morgan fingerprint density at radius 3 is 2.59 bits per heavy atom. The highest BCUT2D eigenvalue weighted by atomic mass is 16.5. The molecule has 2 aromatic rings. The number of pyridine rings is 1. The zero-order chi connectivity index (χ0) is 15.9. The summed E-state index contributed by atoms with van der Waals surface area (Å²) < 4.78 is 4.96. The number of aryl methyl sites for hydroxylation is 1. The third-order valence-corrected chi connectivity index (χ3v) is 3.08. The van der Waals surface area contributed by atoms with Gasteiger partial charge in [0.05, 0.1) is 30.5 Å². The first-order valence-corrected chi connectivity index (χ1v) is 7.06. The lowest BCUT2D eigenvalue weighted by Gasteiger charge is -2.10. The summed E-state index contributed by atoms with van der Waals surface area (Å²) in [5, 5.41) is 2.71. The molecule has 0 aliphatic rings. The first-order valence-electron chi connectivity index (χ1n) is 7.06. The summed E-state index contributed by atoms with van der Waals surface area (Å²) in [7, 11) is 0. The molecule has 0 unspecified atom stereocenters. The predicted octanol–water partition coefficient (Wildman–Crippen LogP) is 2.75. The summed E-state index contributed by atoms with van der Waals surface area (Å²) in [6, 6.07) is 9.25. The van der Waals surface area contributed by atoms with Crippen LogP contribution in [0.4, 0.5) is 5.69 Å². The van der Waals surface area contributed by atoms with Gasteiger partial charge in [0.1, 0.15) is 0 Å². The molecule has 1 aromatic heterocycles. The molecule has 0 saturated carbocycles. The number of rotatable bonds is 5. The Hall–Kier alpha value is -2.69. The van der Waals surface area contributed by atoms with Crippen LogP contribution in [0.3, 0.4) is 0 Å². The second kappa shape index (κ2) is 7.36. The Bertz CT molecular complexity index is 666. The van der Waals surface area contributed by atoms with E-state index in [2.05, 4.69) is 10.3 Å². The molecule has 1 aromatic carbocycles. The van der Waals surface area contributed by atoms with Gasteiger partial charge in [-0.05, 0) is 25.5 Å². The number of nitrogens with one attached hydrogen (secondary N) is 1. The average molecular weight is 298 g/mol. The number of nitrogens with zero attached hydrogens (tertiary/aromatic N) is 1. The van der Waals surface area contributed by atoms with E-state index in [0.717, 1.165) is 11.1 Å². The molecule has 2 rings (SSSR count). The van der Waals surface area contributed by atoms with E-state index in [1.165, 1.54) is 18.5 Å². The molecular weight excluding hydrogens is 280 g/mol. The number of hydrogen-bond donors (Lipinski definition) is 1. The van der Waals surface area contributed by atoms with Crippen LogP contribution in [0.2, 0.25) is 0 Å². The van der Waals surface area contributed by atoms with Gasteiger partial charge in [-0.25, -0.2) is 4.79 Å². The van der Waals surface area contributed by atoms with Crippen LogP contribution in [0, 0.1) is 6.92 Å². The Morgan fingerprint density at radius 1 is 1.18 bits per heavy atom. The molecule has 5 heteroatoms. The van der Waals surface area contributed by atoms with Gasteiger partial charge in [-0.3, -0.25) is 9.78 Å². The van der Waals surface area contributed by atoms with Gasteiger partial charge < -0.3 is 10.1 Å². The summed E-state index contributed by atoms with van der Waals surface area (Å²) in [5.74, 6) is -0.682. The normalized spacial score (nSPS) is 10.1. The molecule has 0 atom stereocenters. The molecule has 0 saturated heterocycles. The Balaban J connectivity index is 2.08. The standard InChI is InChI=1S/C17H18N2O3/c1-3-22-17(21)14-8-9-18-11-15(14)19-16(20)10-13-6-4-12(2)5-7-13/h4-9,11H,3,10H2,1-2H3,(H,19,20). The number of amides is 1. The zero-order valence-electron chi connectivity index (χ0n) is 12.6. The fraction of sp³-hybridized carbons (Fsp3) is 0.235. The lowest BCUT2D eigenvalue weighted by Crippen LogP contribution is -2.17. The van der Waals surface area contributed by atoms with Crippen LogP contribution in [0.5, 0.6) is 0 Å². The molecule has 0 spiro atoms. The van der Waals surface area contributed by atoms with Crippen molar-refractivity contribution in [3.63, 3.8) is 0 Å². The predicted molar refractivity (Wildman–Crippen MR) is 83.7 cm³/mol. The molecule has 0 aliphatic carbocycles. The van der Waals surface area contributed by atoms with E-state index >= 15 is 0 Å². The van der Waals surface area contributed by atoms with Crippen molar-refractivity contribution in [2.75, 3.05) is 11.9 Å². The molecule has 1 N–H and O–H groups in total. The maximum absolute atomic E-state index is 12.1. The third kappa shape index (κ3) is 4.15. The number of benzene rings is 1. The van der Waals surface area contributed by atoms with E-state index in [1.807, 2.05) is 31.2 Å². The number of aromatic nitrogens is 1. The zero-order valence-corrected chi connectivity index (χ0v) is 12.6. The maximum Gasteiger partial charge on any atom is 0.340 e. The summed E-state index contributed by atoms with van der Waals surface area (Å²) >= 11 is 0. The molecule has 114 valence electrons. The van der Waals surface area contributed by atoms with Crippen LogP contribution in [0.15, 0.2) is 42.7 Å². The van der Waals surface area contributed by atoms with Gasteiger partial charge in [-0.2, -0.15) is 0 Å². The minimum Gasteiger partial charge on any atom is -0.462 e. The highest BCUT2D eigenvalue weighted by Gasteiger charge is 2.14. The summed E-state index contributed by atoms with van der Waals surface area (Å²) in [6.45, 7) is 4.00. The van der Waals surface area contributed by atoms with E-state index < -0.39 is 5.97 Å². The molecule has 22 heavy (non-hydrogen) atoms. The topological polar surface area (TPSA) is 68.3 Å². The van der Waals surface area contributed by atoms with Crippen LogP contribution in [-0.2, 0) is 16.0 Å². The molecular formula is C17H18N2O3. The summed E-state index contributed by atoms with van der Waals surface area (Å²) in [6.07, 6.45) is 3.17. The maximum atomic E-state index is 12.1. The van der Waals surface area contributed by atoms with Crippen LogP contribution in [0.25, 0.3) is 0 Å². The first-order chi connectivity index (χ1) is 10.6. The number of carbonyl (C=O) groups excluding carboxylic acids is 2. The summed E-state index contributed by atoms with van der Waals surface area (Å²) in [4.78, 5) is 27.9. The number of carbonyl (C=O) groups is 2. The lowest BCUT2D eigenvalue weighted by atomic mass is 10.1. The van der Waals surface area contributed by atoms with Crippen LogP contribution in [0.1, 0.15) is 28.4 Å². The third-order valence-electron chi connectivity index (χ3n) is 3.08. The van der Waals surface area contributed by atoms with Gasteiger partial charge in [0.15, 0.2) is 0 Å². The monoisotopic (exact) mass is 298 g/mol. The first kappa shape index (κ1) is 15.7. The minimum absolute atomic E-state index is 0.206. The molecule has 1 heterocycles. The Labute approximate surface area is 129 Å². The van der Waals surface area contributed by atoms with Crippen molar-refractivity contribution in [3.05, 3.63) is 59.4 Å². The van der Waals surface area contributed by atoms with Gasteiger partial charge in [-0.15, -0.1) is 0 Å². The lowest BCUT2D eigenvalue weighted by molar-refractivity contribution is -0.115. The van der Waals surface area contributed by atoms with Gasteiger partial charge in [-0.1, -0.05) is 29.8 Å². The largest absolute Gasteiger partial charge is 0.462 e. The van der Waals surface area contributed by atoms with Gasteiger partial charge in [0, 0.05) is 6.20 Å². The van der Waals surface area contributed by atoms with E-state index in [1.54, 1.807) is 6.92 Å². The second-order valence-corrected chi connectivity index (χ2v) is 4.85. The second-order valence-electron chi connectivity index (χ2n) is 4.85. The van der Waals surface area contributed by atoms with Gasteiger partial charge in [0.2, 0.25) is 5.91 Å². The number of ether oxygens (including phenoxy) is 1. The Morgan fingerprint density at radius 2 is 1.91 bits per heavy atom. The van der Waals surface area contributed by atoms with E-state index in [4.69, 9.17) is 4.74 Å². The molecule has 0 aliphatic heterocycles. The van der Waals surface area contributed by atoms with E-state index in [0.29, 0.717) is 11.3 Å². The van der Waals surface area contributed by atoms with Crippen molar-refractivity contribution >= 4 is 17.6 Å². The molecule has 0 bridgehead atoms. The molecule has 0 fully saturated rings. The van der Waals surface area contributed by atoms with Crippen molar-refractivity contribution in [3.8, 4) is 0 Å². The highest BCUT2D eigenvalue weighted by Crippen LogP contribution is 2.15. The molecule has 1 amide bonds. The number of hydrogen-bond acceptors (Lipinski definition) is 4. The van der Waals surface area contributed by atoms with Crippen LogP contribution >= 0.6 is 0 Å². The number of esters is 1. The van der Waals surface area contributed by atoms with Gasteiger partial charge in [0.25, 0.3) is 0 Å². The van der Waals surface area contributed by atoms with Gasteiger partial charge >= 0.3 is 5.97 Å². The molecule has 0 radical (unpaired) electrons. The van der Waals surface area contributed by atoms with E-state index in [9.17, 15) is 9.59 Å². The van der Waals surface area contributed by atoms with Crippen molar-refractivity contribution in [2.24, 2.45) is 0 Å². The van der Waals surface area contributed by atoms with Crippen LogP contribution in [-0.4, -0.2) is 23.5 Å². The highest BCUT2D eigenvalue weighted by molar-refractivity contribution is 6.01. The minimum atomic E-state index is -0.476. The number of anilines is 1. The molecule has 5 nitrogen and oxygen atoms in total. The quantitative estimate of drug-likeness (QED) is 0.862. The van der Waals surface area contributed by atoms with Crippen LogP contribution < -0.4 is 5.32 Å². The van der Waals surface area contributed by atoms with Crippen molar-refractivity contribution in [2.45, 2.75) is 20.3 Å². The summed E-state index contributed by atoms with van der Waals surface area (Å²) in [5.41, 5.74) is 2.71. The SMILES string of the molecule is CCOC(=O)c1ccncc1NC(=O)Cc1ccc(C)cc1. The van der Waals surface area contributed by atoms with Crippen molar-refractivity contribution in [1.82, 2.24) is 4.98 Å². The Kier molecular flexibility index (Phi) is 5.25. The fourth-order valence-corrected chi connectivity index (χ4v) is 1.97. The smallest absolute Gasteiger partial charge is 0.340 e. The van der Waals surface area contributed by atoms with Crippen molar-refractivity contribution < 1.29 is 14.3 Å². The van der Waals surface area contributed by atoms with E-state index in [-0.39, 0.29) is 18.9 Å². The van der Waals surface area contributed by atoms with Crippen molar-refractivity contribution in [1.29, 1.82) is 0 Å². The fourth-order valence-electron chi connectivity index (χ4n) is 1.97. The average Bonchev–Trinajstić information content (AvgIpc) is 2.50.